The molecule has 2 unspecified atom stereocenters. The van der Waals surface area contributed by atoms with Crippen LogP contribution in [0.3, 0.4) is 0 Å². The molecule has 1 saturated carbocycles. The zero-order chi connectivity index (χ0) is 11.4. The molecule has 0 saturated heterocycles. The van der Waals surface area contributed by atoms with E-state index in [4.69, 9.17) is 0 Å². The maximum atomic E-state index is 9.42. The summed E-state index contributed by atoms with van der Waals surface area (Å²) in [6.07, 6.45) is 3.08. The van der Waals surface area contributed by atoms with Crippen LogP contribution in [0.15, 0.2) is 24.3 Å². The summed E-state index contributed by atoms with van der Waals surface area (Å²) in [5, 5.41) is 12.9. The van der Waals surface area contributed by atoms with Gasteiger partial charge in [0.2, 0.25) is 0 Å². The monoisotopic (exact) mass is 219 g/mol. The van der Waals surface area contributed by atoms with Crippen molar-refractivity contribution in [3.8, 4) is 0 Å². The first kappa shape index (κ1) is 11.6. The summed E-state index contributed by atoms with van der Waals surface area (Å²) in [6, 6.07) is 8.64. The highest BCUT2D eigenvalue weighted by molar-refractivity contribution is 5.21. The third-order valence-electron chi connectivity index (χ3n) is 3.40. The lowest BCUT2D eigenvalue weighted by atomic mass is 10.1. The molecule has 1 aliphatic rings. The highest BCUT2D eigenvalue weighted by Gasteiger charge is 2.21. The summed E-state index contributed by atoms with van der Waals surface area (Å²) in [6.45, 7) is 4.08. The molecule has 16 heavy (non-hydrogen) atoms. The summed E-state index contributed by atoms with van der Waals surface area (Å²) in [4.78, 5) is 0. The van der Waals surface area contributed by atoms with Crippen LogP contribution in [0.4, 0.5) is 0 Å². The van der Waals surface area contributed by atoms with Crippen LogP contribution in [0.1, 0.15) is 30.4 Å². The Morgan fingerprint density at radius 1 is 1.25 bits per heavy atom. The molecule has 0 aromatic heterocycles. The lowest BCUT2D eigenvalue weighted by molar-refractivity contribution is 0.177. The molecule has 0 bridgehead atoms. The van der Waals surface area contributed by atoms with Crippen molar-refractivity contribution in [1.29, 1.82) is 0 Å². The Morgan fingerprint density at radius 2 is 2.00 bits per heavy atom. The van der Waals surface area contributed by atoms with Gasteiger partial charge in [-0.15, -0.1) is 0 Å². The van der Waals surface area contributed by atoms with Crippen LogP contribution < -0.4 is 5.32 Å². The average molecular weight is 219 g/mol. The Morgan fingerprint density at radius 3 is 2.62 bits per heavy atom. The number of rotatable bonds is 4. The van der Waals surface area contributed by atoms with Crippen LogP contribution >= 0.6 is 0 Å². The number of nitrogens with one attached hydrogen (secondary N) is 1. The third-order valence-corrected chi connectivity index (χ3v) is 3.40. The Balaban J connectivity index is 1.70. The van der Waals surface area contributed by atoms with E-state index in [0.717, 1.165) is 25.9 Å². The van der Waals surface area contributed by atoms with Crippen LogP contribution in [0.2, 0.25) is 0 Å². The number of aryl methyl sites for hydroxylation is 1. The molecule has 2 N–H and O–H groups in total. The number of aliphatic hydroxyl groups is 1. The molecule has 0 aliphatic heterocycles. The van der Waals surface area contributed by atoms with E-state index in [2.05, 4.69) is 36.5 Å². The van der Waals surface area contributed by atoms with Crippen molar-refractivity contribution in [2.75, 3.05) is 6.54 Å². The van der Waals surface area contributed by atoms with Crippen molar-refractivity contribution in [3.05, 3.63) is 35.4 Å². The van der Waals surface area contributed by atoms with Gasteiger partial charge in [-0.05, 0) is 44.2 Å². The predicted octanol–water partition coefficient (Wildman–Crippen LogP) is 2.25. The summed E-state index contributed by atoms with van der Waals surface area (Å²) >= 11 is 0. The van der Waals surface area contributed by atoms with Gasteiger partial charge in [0, 0.05) is 6.54 Å². The van der Waals surface area contributed by atoms with Crippen molar-refractivity contribution in [2.24, 2.45) is 5.92 Å². The van der Waals surface area contributed by atoms with Gasteiger partial charge in [-0.25, -0.2) is 0 Å². The first-order valence-electron chi connectivity index (χ1n) is 6.18. The van der Waals surface area contributed by atoms with E-state index in [-0.39, 0.29) is 6.10 Å². The van der Waals surface area contributed by atoms with Crippen molar-refractivity contribution < 1.29 is 5.11 Å². The van der Waals surface area contributed by atoms with Crippen LogP contribution in [0, 0.1) is 12.8 Å². The van der Waals surface area contributed by atoms with E-state index in [9.17, 15) is 5.11 Å². The van der Waals surface area contributed by atoms with Gasteiger partial charge in [0.25, 0.3) is 0 Å². The largest absolute Gasteiger partial charge is 0.393 e. The van der Waals surface area contributed by atoms with Crippen LogP contribution in [-0.4, -0.2) is 17.8 Å². The topological polar surface area (TPSA) is 32.3 Å². The second-order valence-electron chi connectivity index (χ2n) is 4.95. The fourth-order valence-corrected chi connectivity index (χ4v) is 2.36. The number of hydrogen-bond donors (Lipinski definition) is 2. The Bertz CT molecular complexity index is 320. The molecule has 0 spiro atoms. The van der Waals surface area contributed by atoms with Crippen molar-refractivity contribution >= 4 is 0 Å². The van der Waals surface area contributed by atoms with Crippen molar-refractivity contribution in [1.82, 2.24) is 5.32 Å². The quantitative estimate of drug-likeness (QED) is 0.814. The van der Waals surface area contributed by atoms with E-state index in [1.165, 1.54) is 17.5 Å². The molecule has 1 aromatic carbocycles. The van der Waals surface area contributed by atoms with Gasteiger partial charge in [-0.3, -0.25) is 0 Å². The molecule has 0 radical (unpaired) electrons. The van der Waals surface area contributed by atoms with Gasteiger partial charge in [0.1, 0.15) is 0 Å². The highest BCUT2D eigenvalue weighted by Crippen LogP contribution is 2.24. The van der Waals surface area contributed by atoms with Gasteiger partial charge in [-0.2, -0.15) is 0 Å². The summed E-state index contributed by atoms with van der Waals surface area (Å²) in [7, 11) is 0. The van der Waals surface area contributed by atoms with Gasteiger partial charge < -0.3 is 10.4 Å². The minimum absolute atomic E-state index is 0.0498. The second kappa shape index (κ2) is 5.46. The molecule has 2 heteroatoms. The van der Waals surface area contributed by atoms with Gasteiger partial charge >= 0.3 is 0 Å². The first-order valence-corrected chi connectivity index (χ1v) is 6.18. The van der Waals surface area contributed by atoms with E-state index in [1.807, 2.05) is 0 Å². The summed E-state index contributed by atoms with van der Waals surface area (Å²) in [5.74, 6) is 0.667. The van der Waals surface area contributed by atoms with Crippen LogP contribution in [-0.2, 0) is 6.54 Å². The third kappa shape index (κ3) is 3.32. The molecule has 2 nitrogen and oxygen atoms in total. The lowest BCUT2D eigenvalue weighted by Crippen LogP contribution is -2.21. The molecule has 2 rings (SSSR count). The molecular formula is C14H21NO. The Hall–Kier alpha value is -0.860. The maximum absolute atomic E-state index is 9.42. The molecule has 88 valence electrons. The second-order valence-corrected chi connectivity index (χ2v) is 4.95. The predicted molar refractivity (Wildman–Crippen MR) is 66.2 cm³/mol. The fraction of sp³-hybridized carbons (Fsp3) is 0.571. The average Bonchev–Trinajstić information content (AvgIpc) is 2.67. The Labute approximate surface area is 97.7 Å². The van der Waals surface area contributed by atoms with Gasteiger partial charge in [-0.1, -0.05) is 29.8 Å². The molecule has 1 fully saturated rings. The van der Waals surface area contributed by atoms with Crippen LogP contribution in [0.25, 0.3) is 0 Å². The zero-order valence-electron chi connectivity index (χ0n) is 9.95. The fourth-order valence-electron chi connectivity index (χ4n) is 2.36. The van der Waals surface area contributed by atoms with Gasteiger partial charge in [0.05, 0.1) is 6.10 Å². The molecule has 0 amide bonds. The van der Waals surface area contributed by atoms with Crippen LogP contribution in [0.5, 0.6) is 0 Å². The molecule has 2 atom stereocenters. The van der Waals surface area contributed by atoms with E-state index in [0.29, 0.717) is 5.92 Å². The summed E-state index contributed by atoms with van der Waals surface area (Å²) in [5.41, 5.74) is 2.65. The zero-order valence-corrected chi connectivity index (χ0v) is 9.95. The number of hydrogen-bond acceptors (Lipinski definition) is 2. The smallest absolute Gasteiger partial charge is 0.0543 e. The molecule has 1 aromatic rings. The van der Waals surface area contributed by atoms with Crippen molar-refractivity contribution in [3.63, 3.8) is 0 Å². The lowest BCUT2D eigenvalue weighted by Gasteiger charge is -2.10. The molecule has 1 aliphatic carbocycles. The maximum Gasteiger partial charge on any atom is 0.0543 e. The first-order chi connectivity index (χ1) is 7.74. The SMILES string of the molecule is Cc1ccc(CNCC2CCC(O)C2)cc1. The van der Waals surface area contributed by atoms with E-state index < -0.39 is 0 Å². The van der Waals surface area contributed by atoms with E-state index in [1.54, 1.807) is 0 Å². The van der Waals surface area contributed by atoms with Crippen molar-refractivity contribution in [2.45, 2.75) is 38.8 Å². The standard InChI is InChI=1S/C14H21NO/c1-11-2-4-12(5-3-11)9-15-10-13-6-7-14(16)8-13/h2-5,13-16H,6-10H2,1H3. The minimum atomic E-state index is -0.0498. The Kier molecular flexibility index (Phi) is 3.97. The number of aliphatic hydroxyl groups excluding tert-OH is 1. The van der Waals surface area contributed by atoms with E-state index >= 15 is 0 Å². The molecule has 0 heterocycles. The normalized spacial score (nSPS) is 24.9. The van der Waals surface area contributed by atoms with Gasteiger partial charge in [0.15, 0.2) is 0 Å². The number of benzene rings is 1. The molecular weight excluding hydrogens is 198 g/mol. The summed E-state index contributed by atoms with van der Waals surface area (Å²) < 4.78 is 0. The minimum Gasteiger partial charge on any atom is -0.393 e. The highest BCUT2D eigenvalue weighted by atomic mass is 16.3.